The first-order valence-corrected chi connectivity index (χ1v) is 4.17. The van der Waals surface area contributed by atoms with Crippen molar-refractivity contribution in [1.29, 1.82) is 0 Å². The van der Waals surface area contributed by atoms with E-state index >= 15 is 0 Å². The topological polar surface area (TPSA) is 89.6 Å². The van der Waals surface area contributed by atoms with Crippen molar-refractivity contribution in [3.63, 3.8) is 0 Å². The van der Waals surface area contributed by atoms with E-state index in [-0.39, 0.29) is 6.42 Å². The van der Waals surface area contributed by atoms with Crippen molar-refractivity contribution in [2.45, 2.75) is 38.8 Å². The van der Waals surface area contributed by atoms with Crippen molar-refractivity contribution in [2.75, 3.05) is 0 Å². The van der Waals surface area contributed by atoms with Gasteiger partial charge in [-0.1, -0.05) is 6.92 Å². The molecule has 0 heterocycles. The number of carbonyl (C=O) groups excluding carboxylic acids is 1. The second-order valence-corrected chi connectivity index (χ2v) is 2.81. The third-order valence-electron chi connectivity index (χ3n) is 1.56. The fraction of sp³-hybridized carbons (Fsp3) is 0.750. The summed E-state index contributed by atoms with van der Waals surface area (Å²) in [5.74, 6) is -1.58. The van der Waals surface area contributed by atoms with E-state index in [0.29, 0.717) is 6.42 Å². The van der Waals surface area contributed by atoms with Gasteiger partial charge in [0.15, 0.2) is 0 Å². The monoisotopic (exact) mass is 189 g/mol. The van der Waals surface area contributed by atoms with Gasteiger partial charge in [-0.05, 0) is 13.3 Å². The summed E-state index contributed by atoms with van der Waals surface area (Å²) in [6.45, 7) is 3.30. The van der Waals surface area contributed by atoms with Crippen LogP contribution in [0, 0.1) is 0 Å². The fourth-order valence-electron chi connectivity index (χ4n) is 0.744. The summed E-state index contributed by atoms with van der Waals surface area (Å²) in [6, 6.07) is -1.15. The van der Waals surface area contributed by atoms with E-state index in [1.165, 1.54) is 6.92 Å². The SMILES string of the molecule is CCCC(=O)OC(C)C(N)C(=O)O. The molecule has 76 valence electrons. The number of ether oxygens (including phenoxy) is 1. The predicted molar refractivity (Wildman–Crippen MR) is 46.1 cm³/mol. The summed E-state index contributed by atoms with van der Waals surface area (Å²) >= 11 is 0. The highest BCUT2D eigenvalue weighted by atomic mass is 16.5. The van der Waals surface area contributed by atoms with E-state index in [4.69, 9.17) is 15.6 Å². The van der Waals surface area contributed by atoms with Gasteiger partial charge >= 0.3 is 11.9 Å². The van der Waals surface area contributed by atoms with Crippen molar-refractivity contribution < 1.29 is 19.4 Å². The van der Waals surface area contributed by atoms with Gasteiger partial charge in [-0.2, -0.15) is 0 Å². The summed E-state index contributed by atoms with van der Waals surface area (Å²) in [5, 5.41) is 8.48. The fourth-order valence-corrected chi connectivity index (χ4v) is 0.744. The van der Waals surface area contributed by atoms with Gasteiger partial charge in [0.05, 0.1) is 0 Å². The Labute approximate surface area is 76.9 Å². The minimum atomic E-state index is -1.17. The van der Waals surface area contributed by atoms with Gasteiger partial charge in [-0.25, -0.2) is 0 Å². The van der Waals surface area contributed by atoms with Crippen molar-refractivity contribution in [2.24, 2.45) is 5.73 Å². The first kappa shape index (κ1) is 11.9. The molecule has 0 bridgehead atoms. The Morgan fingerprint density at radius 2 is 2.08 bits per heavy atom. The van der Waals surface area contributed by atoms with E-state index in [0.717, 1.165) is 0 Å². The van der Waals surface area contributed by atoms with Crippen molar-refractivity contribution in [3.8, 4) is 0 Å². The zero-order valence-corrected chi connectivity index (χ0v) is 7.82. The molecule has 0 aromatic rings. The molecule has 0 fully saturated rings. The molecule has 0 aromatic heterocycles. The number of carboxylic acid groups (broad SMARTS) is 1. The summed E-state index contributed by atoms with van der Waals surface area (Å²) in [7, 11) is 0. The third kappa shape index (κ3) is 4.47. The number of esters is 1. The number of rotatable bonds is 5. The molecule has 5 nitrogen and oxygen atoms in total. The molecule has 0 spiro atoms. The van der Waals surface area contributed by atoms with Crippen molar-refractivity contribution in [1.82, 2.24) is 0 Å². The predicted octanol–water partition coefficient (Wildman–Crippen LogP) is 0.130. The van der Waals surface area contributed by atoms with E-state index in [2.05, 4.69) is 0 Å². The van der Waals surface area contributed by atoms with Gasteiger partial charge < -0.3 is 15.6 Å². The molecule has 3 N–H and O–H groups in total. The average Bonchev–Trinajstić information content (AvgIpc) is 2.03. The van der Waals surface area contributed by atoms with Crippen LogP contribution in [0.15, 0.2) is 0 Å². The molecular formula is C8H15NO4. The molecular weight excluding hydrogens is 174 g/mol. The smallest absolute Gasteiger partial charge is 0.324 e. The molecule has 2 atom stereocenters. The largest absolute Gasteiger partial charge is 0.480 e. The van der Waals surface area contributed by atoms with E-state index < -0.39 is 24.1 Å². The first-order chi connectivity index (χ1) is 5.99. The maximum Gasteiger partial charge on any atom is 0.324 e. The Morgan fingerprint density at radius 3 is 2.46 bits per heavy atom. The van der Waals surface area contributed by atoms with E-state index in [1.54, 1.807) is 0 Å². The van der Waals surface area contributed by atoms with Gasteiger partial charge in [0, 0.05) is 6.42 Å². The molecule has 13 heavy (non-hydrogen) atoms. The summed E-state index contributed by atoms with van der Waals surface area (Å²) in [5.41, 5.74) is 5.23. The van der Waals surface area contributed by atoms with Crippen LogP contribution in [0.2, 0.25) is 0 Å². The van der Waals surface area contributed by atoms with Crippen LogP contribution in [-0.2, 0) is 14.3 Å². The molecule has 0 saturated heterocycles. The molecule has 5 heteroatoms. The summed E-state index contributed by atoms with van der Waals surface area (Å²) in [4.78, 5) is 21.3. The Morgan fingerprint density at radius 1 is 1.54 bits per heavy atom. The van der Waals surface area contributed by atoms with Crippen LogP contribution in [0.25, 0.3) is 0 Å². The lowest BCUT2D eigenvalue weighted by Gasteiger charge is -2.16. The maximum atomic E-state index is 10.9. The standard InChI is InChI=1S/C8H15NO4/c1-3-4-6(10)13-5(2)7(9)8(11)12/h5,7H,3-4,9H2,1-2H3,(H,11,12). The molecule has 2 unspecified atom stereocenters. The normalized spacial score (nSPS) is 14.7. The molecule has 0 aliphatic rings. The lowest BCUT2D eigenvalue weighted by atomic mass is 10.2. The van der Waals surface area contributed by atoms with Crippen LogP contribution in [0.5, 0.6) is 0 Å². The second kappa shape index (κ2) is 5.53. The Hall–Kier alpha value is -1.10. The van der Waals surface area contributed by atoms with Crippen LogP contribution in [0.3, 0.4) is 0 Å². The lowest BCUT2D eigenvalue weighted by Crippen LogP contribution is -2.42. The Kier molecular flexibility index (Phi) is 5.06. The molecule has 0 aromatic carbocycles. The van der Waals surface area contributed by atoms with E-state index in [1.807, 2.05) is 6.92 Å². The molecule has 0 saturated carbocycles. The molecule has 0 aliphatic heterocycles. The number of hydrogen-bond acceptors (Lipinski definition) is 4. The van der Waals surface area contributed by atoms with Gasteiger partial charge in [-0.15, -0.1) is 0 Å². The third-order valence-corrected chi connectivity index (χ3v) is 1.56. The van der Waals surface area contributed by atoms with Gasteiger partial charge in [0.1, 0.15) is 12.1 Å². The van der Waals surface area contributed by atoms with Crippen LogP contribution < -0.4 is 5.73 Å². The van der Waals surface area contributed by atoms with Crippen LogP contribution in [0.4, 0.5) is 0 Å². The minimum Gasteiger partial charge on any atom is -0.480 e. The molecule has 0 rings (SSSR count). The Balaban J connectivity index is 3.92. The van der Waals surface area contributed by atoms with Crippen LogP contribution >= 0.6 is 0 Å². The summed E-state index contributed by atoms with van der Waals surface area (Å²) in [6.07, 6.45) is 0.182. The highest BCUT2D eigenvalue weighted by Crippen LogP contribution is 2.00. The van der Waals surface area contributed by atoms with Crippen LogP contribution in [-0.4, -0.2) is 29.2 Å². The van der Waals surface area contributed by atoms with Crippen LogP contribution in [0.1, 0.15) is 26.7 Å². The second-order valence-electron chi connectivity index (χ2n) is 2.81. The average molecular weight is 189 g/mol. The number of carbonyl (C=O) groups is 2. The summed E-state index contributed by atoms with van der Waals surface area (Å²) < 4.78 is 4.77. The Bertz CT molecular complexity index is 193. The number of aliphatic carboxylic acids is 1. The maximum absolute atomic E-state index is 10.9. The molecule has 0 aliphatic carbocycles. The van der Waals surface area contributed by atoms with Crippen molar-refractivity contribution in [3.05, 3.63) is 0 Å². The highest BCUT2D eigenvalue weighted by molar-refractivity contribution is 5.75. The number of carboxylic acids is 1. The van der Waals surface area contributed by atoms with Gasteiger partial charge in [-0.3, -0.25) is 9.59 Å². The zero-order chi connectivity index (χ0) is 10.4. The first-order valence-electron chi connectivity index (χ1n) is 4.17. The lowest BCUT2D eigenvalue weighted by molar-refractivity contribution is -0.153. The number of hydrogen-bond donors (Lipinski definition) is 2. The quantitative estimate of drug-likeness (QED) is 0.600. The highest BCUT2D eigenvalue weighted by Gasteiger charge is 2.22. The molecule has 0 radical (unpaired) electrons. The van der Waals surface area contributed by atoms with Gasteiger partial charge in [0.2, 0.25) is 0 Å². The zero-order valence-electron chi connectivity index (χ0n) is 7.82. The van der Waals surface area contributed by atoms with E-state index in [9.17, 15) is 9.59 Å². The van der Waals surface area contributed by atoms with Gasteiger partial charge in [0.25, 0.3) is 0 Å². The minimum absolute atomic E-state index is 0.288. The number of nitrogens with two attached hydrogens (primary N) is 1. The van der Waals surface area contributed by atoms with Crippen molar-refractivity contribution >= 4 is 11.9 Å². The molecule has 0 amide bonds.